The van der Waals surface area contributed by atoms with Crippen LogP contribution in [0.4, 0.5) is 0 Å². The van der Waals surface area contributed by atoms with Crippen LogP contribution in [0.2, 0.25) is 0 Å². The number of ether oxygens (including phenoxy) is 2. The Morgan fingerprint density at radius 2 is 1.81 bits per heavy atom. The first kappa shape index (κ1) is 24.3. The standard InChI is InChI=1S/C24H33NO6S/c1-4-29-23(26)24(3,32(27,28)22-12-16-30-19(22)2)18-20-8-10-21(11-9-20)31-17-15-25-13-6-5-7-14-25/h8-12,16H,4-7,13-15,17-18H2,1-3H3. The molecular formula is C24H33NO6S. The van der Waals surface area contributed by atoms with Gasteiger partial charge in [-0.3, -0.25) is 9.69 Å². The zero-order valence-corrected chi connectivity index (χ0v) is 19.9. The molecule has 8 heteroatoms. The molecule has 2 heterocycles. The lowest BCUT2D eigenvalue weighted by atomic mass is 10.00. The summed E-state index contributed by atoms with van der Waals surface area (Å²) in [5.74, 6) is 0.192. The molecule has 1 aromatic heterocycles. The van der Waals surface area contributed by atoms with Crippen molar-refractivity contribution in [2.24, 2.45) is 0 Å². The van der Waals surface area contributed by atoms with Crippen molar-refractivity contribution >= 4 is 15.8 Å². The minimum absolute atomic E-state index is 0.00530. The van der Waals surface area contributed by atoms with Gasteiger partial charge in [-0.05, 0) is 70.5 Å². The second-order valence-electron chi connectivity index (χ2n) is 8.37. The molecule has 0 bridgehead atoms. The zero-order valence-electron chi connectivity index (χ0n) is 19.1. The highest BCUT2D eigenvalue weighted by Crippen LogP contribution is 2.33. The first-order chi connectivity index (χ1) is 15.3. The molecule has 1 atom stereocenters. The lowest BCUT2D eigenvalue weighted by Crippen LogP contribution is -2.47. The van der Waals surface area contributed by atoms with Crippen LogP contribution in [-0.2, 0) is 25.8 Å². The van der Waals surface area contributed by atoms with Gasteiger partial charge >= 0.3 is 5.97 Å². The number of aryl methyl sites for hydroxylation is 1. The highest BCUT2D eigenvalue weighted by Gasteiger charge is 2.49. The Labute approximate surface area is 190 Å². The molecule has 2 aromatic rings. The summed E-state index contributed by atoms with van der Waals surface area (Å²) in [4.78, 5) is 15.2. The fraction of sp³-hybridized carbons (Fsp3) is 0.542. The Kier molecular flexibility index (Phi) is 8.00. The largest absolute Gasteiger partial charge is 0.492 e. The van der Waals surface area contributed by atoms with Gasteiger partial charge in [0.05, 0.1) is 12.9 Å². The van der Waals surface area contributed by atoms with E-state index >= 15 is 0 Å². The lowest BCUT2D eigenvalue weighted by Gasteiger charge is -2.27. The summed E-state index contributed by atoms with van der Waals surface area (Å²) in [6.45, 7) is 8.48. The predicted molar refractivity (Wildman–Crippen MR) is 122 cm³/mol. The van der Waals surface area contributed by atoms with Crippen molar-refractivity contribution in [3.63, 3.8) is 0 Å². The Morgan fingerprint density at radius 1 is 1.12 bits per heavy atom. The fourth-order valence-electron chi connectivity index (χ4n) is 4.02. The third-order valence-corrected chi connectivity index (χ3v) is 8.49. The molecule has 176 valence electrons. The fourth-order valence-corrected chi connectivity index (χ4v) is 5.81. The topological polar surface area (TPSA) is 86.0 Å². The molecule has 0 aliphatic carbocycles. The SMILES string of the molecule is CCOC(=O)C(C)(Cc1ccc(OCCN2CCCCC2)cc1)S(=O)(=O)c1ccoc1C. The number of hydrogen-bond donors (Lipinski definition) is 0. The van der Waals surface area contributed by atoms with Crippen LogP contribution >= 0.6 is 0 Å². The first-order valence-electron chi connectivity index (χ1n) is 11.2. The maximum atomic E-state index is 13.4. The number of benzene rings is 1. The smallest absolute Gasteiger partial charge is 0.327 e. The third-order valence-electron chi connectivity index (χ3n) is 5.99. The van der Waals surface area contributed by atoms with E-state index in [4.69, 9.17) is 13.9 Å². The number of sulfone groups is 1. The quantitative estimate of drug-likeness (QED) is 0.496. The van der Waals surface area contributed by atoms with E-state index in [9.17, 15) is 13.2 Å². The number of likely N-dealkylation sites (tertiary alicyclic amines) is 1. The lowest BCUT2D eigenvalue weighted by molar-refractivity contribution is -0.145. The summed E-state index contributed by atoms with van der Waals surface area (Å²) in [6, 6.07) is 8.60. The summed E-state index contributed by atoms with van der Waals surface area (Å²) in [5, 5.41) is 0. The Balaban J connectivity index is 1.72. The van der Waals surface area contributed by atoms with Crippen molar-refractivity contribution < 1.29 is 27.1 Å². The van der Waals surface area contributed by atoms with E-state index in [1.165, 1.54) is 38.5 Å². The Bertz CT molecular complexity index is 992. The molecule has 1 unspecified atom stereocenters. The Hall–Kier alpha value is -2.32. The van der Waals surface area contributed by atoms with Crippen molar-refractivity contribution in [2.75, 3.05) is 32.8 Å². The summed E-state index contributed by atoms with van der Waals surface area (Å²) >= 11 is 0. The van der Waals surface area contributed by atoms with Gasteiger partial charge in [0, 0.05) is 13.0 Å². The van der Waals surface area contributed by atoms with Crippen molar-refractivity contribution in [2.45, 2.75) is 56.1 Å². The zero-order chi connectivity index (χ0) is 23.2. The molecule has 1 fully saturated rings. The van der Waals surface area contributed by atoms with Gasteiger partial charge in [0.25, 0.3) is 0 Å². The number of carbonyl (C=O) groups excluding carboxylic acids is 1. The number of furan rings is 1. The van der Waals surface area contributed by atoms with Gasteiger partial charge in [0.1, 0.15) is 23.0 Å². The minimum atomic E-state index is -4.05. The van der Waals surface area contributed by atoms with Crippen molar-refractivity contribution in [3.05, 3.63) is 47.9 Å². The van der Waals surface area contributed by atoms with E-state index in [1.807, 2.05) is 12.1 Å². The molecule has 32 heavy (non-hydrogen) atoms. The maximum Gasteiger partial charge on any atom is 0.327 e. The molecule has 3 rings (SSSR count). The van der Waals surface area contributed by atoms with Crippen molar-refractivity contribution in [1.29, 1.82) is 0 Å². The highest BCUT2D eigenvalue weighted by molar-refractivity contribution is 7.93. The van der Waals surface area contributed by atoms with E-state index in [1.54, 1.807) is 26.0 Å². The van der Waals surface area contributed by atoms with Crippen LogP contribution in [-0.4, -0.2) is 56.9 Å². The third kappa shape index (κ3) is 5.35. The average molecular weight is 464 g/mol. The molecule has 0 spiro atoms. The molecule has 0 radical (unpaired) electrons. The monoisotopic (exact) mass is 463 g/mol. The Morgan fingerprint density at radius 3 is 2.41 bits per heavy atom. The normalized spacial score (nSPS) is 17.0. The second kappa shape index (κ2) is 10.5. The predicted octanol–water partition coefficient (Wildman–Crippen LogP) is 3.79. The van der Waals surface area contributed by atoms with Gasteiger partial charge in [-0.25, -0.2) is 8.42 Å². The van der Waals surface area contributed by atoms with Gasteiger partial charge in [0.2, 0.25) is 0 Å². The van der Waals surface area contributed by atoms with Gasteiger partial charge < -0.3 is 13.9 Å². The van der Waals surface area contributed by atoms with Gasteiger partial charge in [-0.1, -0.05) is 18.6 Å². The molecule has 1 aliphatic heterocycles. The second-order valence-corrected chi connectivity index (χ2v) is 10.7. The molecular weight excluding hydrogens is 430 g/mol. The molecule has 0 saturated carbocycles. The van der Waals surface area contributed by atoms with Crippen molar-refractivity contribution in [3.8, 4) is 5.75 Å². The van der Waals surface area contributed by atoms with Crippen LogP contribution in [0.1, 0.15) is 44.4 Å². The number of piperidine rings is 1. The maximum absolute atomic E-state index is 13.4. The molecule has 0 N–H and O–H groups in total. The van der Waals surface area contributed by atoms with Crippen LogP contribution in [0.3, 0.4) is 0 Å². The first-order valence-corrected chi connectivity index (χ1v) is 12.7. The van der Waals surface area contributed by atoms with Crippen LogP contribution in [0.25, 0.3) is 0 Å². The molecule has 1 aromatic carbocycles. The van der Waals surface area contributed by atoms with E-state index in [2.05, 4.69) is 4.90 Å². The number of esters is 1. The van der Waals surface area contributed by atoms with Crippen LogP contribution in [0.5, 0.6) is 5.75 Å². The molecule has 1 saturated heterocycles. The minimum Gasteiger partial charge on any atom is -0.492 e. The van der Waals surface area contributed by atoms with Gasteiger partial charge in [0.15, 0.2) is 14.6 Å². The van der Waals surface area contributed by atoms with Crippen LogP contribution in [0, 0.1) is 6.92 Å². The van der Waals surface area contributed by atoms with E-state index in [0.717, 1.165) is 25.4 Å². The highest BCUT2D eigenvalue weighted by atomic mass is 32.2. The van der Waals surface area contributed by atoms with Crippen LogP contribution < -0.4 is 4.74 Å². The van der Waals surface area contributed by atoms with E-state index < -0.39 is 20.6 Å². The number of rotatable bonds is 10. The molecule has 1 aliphatic rings. The van der Waals surface area contributed by atoms with Gasteiger partial charge in [-0.15, -0.1) is 0 Å². The van der Waals surface area contributed by atoms with Crippen molar-refractivity contribution in [1.82, 2.24) is 4.90 Å². The number of carbonyl (C=O) groups is 1. The van der Waals surface area contributed by atoms with E-state index in [-0.39, 0.29) is 23.7 Å². The van der Waals surface area contributed by atoms with Crippen LogP contribution in [0.15, 0.2) is 45.9 Å². The number of nitrogens with zero attached hydrogens (tertiary/aromatic N) is 1. The van der Waals surface area contributed by atoms with Gasteiger partial charge in [-0.2, -0.15) is 0 Å². The van der Waals surface area contributed by atoms with E-state index in [0.29, 0.717) is 12.2 Å². The summed E-state index contributed by atoms with van der Waals surface area (Å²) in [6.07, 6.45) is 5.08. The molecule has 7 nitrogen and oxygen atoms in total. The summed E-state index contributed by atoms with van der Waals surface area (Å²) < 4.78 is 41.3. The average Bonchev–Trinajstić information content (AvgIpc) is 3.22. The number of hydrogen-bond acceptors (Lipinski definition) is 7. The molecule has 0 amide bonds. The summed E-state index contributed by atoms with van der Waals surface area (Å²) in [5.41, 5.74) is 0.702. The summed E-state index contributed by atoms with van der Waals surface area (Å²) in [7, 11) is -4.05.